The molecule has 0 aliphatic carbocycles. The number of likely N-dealkylation sites (tertiary alicyclic amines) is 1. The van der Waals surface area contributed by atoms with Crippen LogP contribution in [-0.2, 0) is 21.8 Å². The topological polar surface area (TPSA) is 59.0 Å². The second-order valence-electron chi connectivity index (χ2n) is 11.3. The molecule has 1 N–H and O–H groups in total. The predicted molar refractivity (Wildman–Crippen MR) is 141 cm³/mol. The molecule has 1 heterocycles. The highest BCUT2D eigenvalue weighted by molar-refractivity contribution is 5.69. The van der Waals surface area contributed by atoms with E-state index in [-0.39, 0.29) is 24.6 Å². The van der Waals surface area contributed by atoms with E-state index in [0.717, 1.165) is 0 Å². The van der Waals surface area contributed by atoms with Gasteiger partial charge in [-0.25, -0.2) is 9.18 Å². The molecule has 0 aromatic heterocycles. The smallest absolute Gasteiger partial charge is 0.416 e. The number of ether oxygens (including phenoxy) is 2. The van der Waals surface area contributed by atoms with E-state index in [4.69, 9.17) is 9.47 Å². The number of alkyl halides is 6. The van der Waals surface area contributed by atoms with Crippen LogP contribution in [0.3, 0.4) is 0 Å². The molecule has 0 radical (unpaired) electrons. The van der Waals surface area contributed by atoms with Crippen LogP contribution in [0.1, 0.15) is 74.8 Å². The summed E-state index contributed by atoms with van der Waals surface area (Å²) in [5, 5.41) is 11.2. The van der Waals surface area contributed by atoms with Gasteiger partial charge in [0.05, 0.1) is 42.0 Å². The van der Waals surface area contributed by atoms with Crippen molar-refractivity contribution in [3.05, 3.63) is 83.2 Å². The van der Waals surface area contributed by atoms with Crippen molar-refractivity contribution >= 4 is 6.09 Å². The first-order valence-corrected chi connectivity index (χ1v) is 13.3. The van der Waals surface area contributed by atoms with Gasteiger partial charge in [0.2, 0.25) is 0 Å². The highest BCUT2D eigenvalue weighted by atomic mass is 19.4. The number of hydrogen-bond acceptors (Lipinski definition) is 4. The summed E-state index contributed by atoms with van der Waals surface area (Å²) in [6.45, 7) is 9.67. The highest BCUT2D eigenvalue weighted by Gasteiger charge is 2.50. The van der Waals surface area contributed by atoms with Crippen LogP contribution in [0, 0.1) is 5.82 Å². The van der Waals surface area contributed by atoms with Gasteiger partial charge in [-0.15, -0.1) is 6.58 Å². The van der Waals surface area contributed by atoms with Crippen LogP contribution in [-0.4, -0.2) is 46.5 Å². The van der Waals surface area contributed by atoms with E-state index in [9.17, 15) is 40.6 Å². The SMILES string of the molecule is C=CCCC(O)[C@H]1[C@H](c2ccc(F)cc2)[C@@H](O[C@H](C)c2cc(C(F)(F)F)cc(C(F)(F)F)c2)CN1C(=O)OC(C)(C)C. The molecule has 1 unspecified atom stereocenters. The van der Waals surface area contributed by atoms with Crippen LogP contribution in [0.15, 0.2) is 55.1 Å². The minimum Gasteiger partial charge on any atom is -0.444 e. The van der Waals surface area contributed by atoms with E-state index < -0.39 is 71.3 Å². The number of rotatable bonds is 8. The molecule has 5 atom stereocenters. The fourth-order valence-corrected chi connectivity index (χ4v) is 5.05. The molecule has 1 aliphatic rings. The van der Waals surface area contributed by atoms with Gasteiger partial charge in [0.1, 0.15) is 11.4 Å². The number of halogens is 7. The molecule has 1 saturated heterocycles. The number of allylic oxidation sites excluding steroid dienone is 1. The number of benzene rings is 2. The minimum absolute atomic E-state index is 0.0311. The molecule has 232 valence electrons. The Balaban J connectivity index is 2.09. The average molecular weight is 606 g/mol. The van der Waals surface area contributed by atoms with E-state index >= 15 is 0 Å². The Labute approximate surface area is 239 Å². The molecule has 1 fully saturated rings. The van der Waals surface area contributed by atoms with Crippen molar-refractivity contribution in [1.82, 2.24) is 4.90 Å². The zero-order valence-corrected chi connectivity index (χ0v) is 23.6. The van der Waals surface area contributed by atoms with Crippen LogP contribution < -0.4 is 0 Å². The summed E-state index contributed by atoms with van der Waals surface area (Å²) in [6.07, 6.45) is -12.2. The molecule has 0 saturated carbocycles. The van der Waals surface area contributed by atoms with Crippen molar-refractivity contribution in [1.29, 1.82) is 0 Å². The monoisotopic (exact) mass is 605 g/mol. The summed E-state index contributed by atoms with van der Waals surface area (Å²) in [5.74, 6) is -1.40. The third kappa shape index (κ3) is 8.25. The molecular weight excluding hydrogens is 571 g/mol. The Morgan fingerprint density at radius 1 is 1.05 bits per heavy atom. The lowest BCUT2D eigenvalue weighted by Crippen LogP contribution is -2.47. The fourth-order valence-electron chi connectivity index (χ4n) is 5.05. The first kappa shape index (κ1) is 33.4. The van der Waals surface area contributed by atoms with E-state index in [1.165, 1.54) is 36.1 Å². The van der Waals surface area contributed by atoms with Crippen molar-refractivity contribution in [3.8, 4) is 0 Å². The first-order chi connectivity index (χ1) is 19.3. The number of carbonyl (C=O) groups excluding carboxylic acids is 1. The van der Waals surface area contributed by atoms with Gasteiger partial charge in [-0.05, 0) is 82.0 Å². The molecule has 0 bridgehead atoms. The number of amides is 1. The summed E-state index contributed by atoms with van der Waals surface area (Å²) in [7, 11) is 0. The Morgan fingerprint density at radius 2 is 1.60 bits per heavy atom. The van der Waals surface area contributed by atoms with E-state index in [2.05, 4.69) is 6.58 Å². The normalized spacial score (nSPS) is 21.2. The molecule has 2 aromatic carbocycles. The third-order valence-corrected chi connectivity index (χ3v) is 6.91. The lowest BCUT2D eigenvalue weighted by molar-refractivity contribution is -0.143. The summed E-state index contributed by atoms with van der Waals surface area (Å²) < 4.78 is 107. The van der Waals surface area contributed by atoms with Crippen molar-refractivity contribution in [3.63, 3.8) is 0 Å². The van der Waals surface area contributed by atoms with Gasteiger partial charge in [0, 0.05) is 5.92 Å². The number of hydrogen-bond donors (Lipinski definition) is 1. The van der Waals surface area contributed by atoms with Crippen LogP contribution in [0.5, 0.6) is 0 Å². The van der Waals surface area contributed by atoms with Gasteiger partial charge in [0.25, 0.3) is 0 Å². The maximum Gasteiger partial charge on any atom is 0.416 e. The van der Waals surface area contributed by atoms with Crippen LogP contribution in [0.2, 0.25) is 0 Å². The Morgan fingerprint density at radius 3 is 2.07 bits per heavy atom. The second kappa shape index (κ2) is 12.6. The van der Waals surface area contributed by atoms with E-state index in [1.807, 2.05) is 0 Å². The lowest BCUT2D eigenvalue weighted by atomic mass is 9.85. The second-order valence-corrected chi connectivity index (χ2v) is 11.3. The van der Waals surface area contributed by atoms with E-state index in [0.29, 0.717) is 24.1 Å². The van der Waals surface area contributed by atoms with Gasteiger partial charge in [-0.1, -0.05) is 18.2 Å². The molecule has 3 rings (SSSR count). The largest absolute Gasteiger partial charge is 0.444 e. The summed E-state index contributed by atoms with van der Waals surface area (Å²) >= 11 is 0. The summed E-state index contributed by atoms with van der Waals surface area (Å²) in [5.41, 5.74) is -3.83. The van der Waals surface area contributed by atoms with Gasteiger partial charge in [-0.2, -0.15) is 26.3 Å². The Hall–Kier alpha value is -3.12. The van der Waals surface area contributed by atoms with Gasteiger partial charge in [-0.3, -0.25) is 4.90 Å². The van der Waals surface area contributed by atoms with Crippen molar-refractivity contribution in [2.45, 2.75) is 88.8 Å². The molecule has 2 aromatic rings. The summed E-state index contributed by atoms with van der Waals surface area (Å²) in [4.78, 5) is 14.5. The molecular formula is C30H34F7NO4. The zero-order valence-electron chi connectivity index (χ0n) is 23.6. The number of aliphatic hydroxyl groups is 1. The van der Waals surface area contributed by atoms with E-state index in [1.54, 1.807) is 26.8 Å². The quantitative estimate of drug-likeness (QED) is 0.245. The van der Waals surface area contributed by atoms with Crippen molar-refractivity contribution in [2.75, 3.05) is 6.54 Å². The van der Waals surface area contributed by atoms with Gasteiger partial charge < -0.3 is 14.6 Å². The fraction of sp³-hybridized carbons (Fsp3) is 0.500. The first-order valence-electron chi connectivity index (χ1n) is 13.3. The third-order valence-electron chi connectivity index (χ3n) is 6.91. The average Bonchev–Trinajstić information content (AvgIpc) is 3.24. The van der Waals surface area contributed by atoms with Crippen molar-refractivity contribution < 1.29 is 50.1 Å². The lowest BCUT2D eigenvalue weighted by Gasteiger charge is -2.34. The maximum atomic E-state index is 13.8. The molecule has 1 amide bonds. The minimum atomic E-state index is -5.05. The van der Waals surface area contributed by atoms with Crippen LogP contribution in [0.4, 0.5) is 35.5 Å². The maximum absolute atomic E-state index is 13.8. The number of aliphatic hydroxyl groups excluding tert-OH is 1. The number of nitrogens with zero attached hydrogens (tertiary/aromatic N) is 1. The Kier molecular flexibility index (Phi) is 10.0. The molecule has 12 heteroatoms. The zero-order chi connectivity index (χ0) is 31.6. The molecule has 0 spiro atoms. The van der Waals surface area contributed by atoms with Crippen LogP contribution >= 0.6 is 0 Å². The van der Waals surface area contributed by atoms with Crippen LogP contribution in [0.25, 0.3) is 0 Å². The molecule has 1 aliphatic heterocycles. The molecule has 42 heavy (non-hydrogen) atoms. The summed E-state index contributed by atoms with van der Waals surface area (Å²) in [6, 6.07) is 5.42. The highest BCUT2D eigenvalue weighted by Crippen LogP contribution is 2.43. The van der Waals surface area contributed by atoms with Gasteiger partial charge in [0.15, 0.2) is 0 Å². The van der Waals surface area contributed by atoms with Crippen molar-refractivity contribution in [2.24, 2.45) is 0 Å². The van der Waals surface area contributed by atoms with Gasteiger partial charge >= 0.3 is 18.4 Å². The number of carbonyl (C=O) groups is 1. The standard InChI is InChI=1S/C30H34F7NO4/c1-6-7-8-23(39)26-25(18-9-11-22(31)12-10-18)24(16-38(26)27(40)42-28(3,4)5)41-17(2)19-13-20(29(32,33)34)15-21(14-19)30(35,36)37/h6,9-15,17,23-26,39H,1,7-8,16H2,2-5H3/t17-,23?,24+,25-,26+/m1/s1. The predicted octanol–water partition coefficient (Wildman–Crippen LogP) is 8.04. The Bertz CT molecular complexity index is 1210. The molecule has 5 nitrogen and oxygen atoms in total.